The van der Waals surface area contributed by atoms with Crippen LogP contribution >= 0.6 is 11.6 Å². The van der Waals surface area contributed by atoms with E-state index in [0.717, 1.165) is 29.5 Å². The Morgan fingerprint density at radius 3 is 2.72 bits per heavy atom. The van der Waals surface area contributed by atoms with Crippen molar-refractivity contribution in [1.82, 2.24) is 25.3 Å². The molecule has 2 fully saturated rings. The van der Waals surface area contributed by atoms with Crippen LogP contribution in [0.4, 0.5) is 0 Å². The standard InChI is InChI=1S/C25H24ClN5O5/c26-20-9-15(3-7-22(20)36-13-17-11-31(30-29-17)12-24(33)34)19(10-16-4-8-23(32)27-16)21-6-5-18(14-1-2-14)25(35)28-21/h3,5-7,9-11,14,16H,1-2,4,8,12-13H2,(H,27,32)(H,28,35)(H,33,34)/b19-10+/t16-/m1/s1. The molecule has 1 atom stereocenters. The lowest BCUT2D eigenvalue weighted by atomic mass is 9.98. The minimum atomic E-state index is -1.02. The van der Waals surface area contributed by atoms with E-state index in [4.69, 9.17) is 21.4 Å². The molecule has 1 saturated carbocycles. The summed E-state index contributed by atoms with van der Waals surface area (Å²) in [5, 5.41) is 19.8. The summed E-state index contributed by atoms with van der Waals surface area (Å²) in [5.41, 5.74) is 3.32. The number of hydrogen-bond acceptors (Lipinski definition) is 6. The average molecular weight is 510 g/mol. The van der Waals surface area contributed by atoms with E-state index in [1.807, 2.05) is 24.3 Å². The second-order valence-electron chi connectivity index (χ2n) is 8.96. The number of aromatic nitrogens is 4. The Bertz CT molecular complexity index is 1410. The van der Waals surface area contributed by atoms with Crippen LogP contribution in [0.5, 0.6) is 5.75 Å². The summed E-state index contributed by atoms with van der Waals surface area (Å²) < 4.78 is 6.98. The van der Waals surface area contributed by atoms with Gasteiger partial charge < -0.3 is 20.1 Å². The summed E-state index contributed by atoms with van der Waals surface area (Å²) in [5.74, 6) is -0.272. The van der Waals surface area contributed by atoms with E-state index >= 15 is 0 Å². The third-order valence-electron chi connectivity index (χ3n) is 6.15. The van der Waals surface area contributed by atoms with Crippen LogP contribution in [0.1, 0.15) is 54.1 Å². The van der Waals surface area contributed by atoms with Crippen molar-refractivity contribution in [3.63, 3.8) is 0 Å². The Labute approximate surface area is 210 Å². The van der Waals surface area contributed by atoms with E-state index in [2.05, 4.69) is 20.6 Å². The Morgan fingerprint density at radius 1 is 1.22 bits per heavy atom. The summed E-state index contributed by atoms with van der Waals surface area (Å²) in [6, 6.07) is 8.92. The molecule has 2 aromatic heterocycles. The number of carbonyl (C=O) groups excluding carboxylic acids is 1. The number of benzene rings is 1. The van der Waals surface area contributed by atoms with Gasteiger partial charge in [-0.1, -0.05) is 35.0 Å². The Morgan fingerprint density at radius 2 is 2.06 bits per heavy atom. The van der Waals surface area contributed by atoms with Gasteiger partial charge in [-0.2, -0.15) is 0 Å². The fourth-order valence-corrected chi connectivity index (χ4v) is 4.46. The molecule has 1 amide bonds. The first kappa shape index (κ1) is 23.8. The third-order valence-corrected chi connectivity index (χ3v) is 6.44. The molecule has 3 N–H and O–H groups in total. The van der Waals surface area contributed by atoms with Gasteiger partial charge in [-0.3, -0.25) is 14.4 Å². The number of H-pyrrole nitrogens is 1. The van der Waals surface area contributed by atoms with E-state index in [0.29, 0.717) is 40.9 Å². The number of amides is 1. The molecule has 11 heteroatoms. The maximum atomic E-state index is 12.7. The number of pyridine rings is 1. The van der Waals surface area contributed by atoms with E-state index in [1.54, 1.807) is 12.1 Å². The van der Waals surface area contributed by atoms with Gasteiger partial charge in [0, 0.05) is 29.3 Å². The first-order chi connectivity index (χ1) is 17.4. The van der Waals surface area contributed by atoms with Crippen molar-refractivity contribution in [2.75, 3.05) is 0 Å². The second kappa shape index (κ2) is 9.98. The van der Waals surface area contributed by atoms with Crippen LogP contribution in [0.15, 0.2) is 47.4 Å². The summed E-state index contributed by atoms with van der Waals surface area (Å²) in [6.07, 6.45) is 6.63. The molecule has 3 aromatic rings. The zero-order chi connectivity index (χ0) is 25.2. The highest BCUT2D eigenvalue weighted by Crippen LogP contribution is 2.38. The number of carboxylic acid groups (broad SMARTS) is 1. The molecule has 1 aromatic carbocycles. The number of nitrogens with zero attached hydrogens (tertiary/aromatic N) is 3. The van der Waals surface area contributed by atoms with Crippen LogP contribution in [0, 0.1) is 0 Å². The van der Waals surface area contributed by atoms with Crippen LogP contribution in [-0.2, 0) is 22.7 Å². The predicted octanol–water partition coefficient (Wildman–Crippen LogP) is 2.87. The van der Waals surface area contributed by atoms with E-state index in [-0.39, 0.29) is 30.7 Å². The summed E-state index contributed by atoms with van der Waals surface area (Å²) in [7, 11) is 0. The SMILES string of the molecule is O=C(O)Cn1cc(COc2ccc(/C(=C\[C@H]3CCC(=O)N3)c3ccc(C4CC4)c(=O)[nH]3)cc2Cl)nn1. The number of nitrogens with one attached hydrogen (secondary N) is 2. The number of rotatable bonds is 9. The maximum Gasteiger partial charge on any atom is 0.325 e. The summed E-state index contributed by atoms with van der Waals surface area (Å²) >= 11 is 6.53. The Kier molecular flexibility index (Phi) is 6.60. The van der Waals surface area contributed by atoms with Crippen molar-refractivity contribution in [1.29, 1.82) is 0 Å². The van der Waals surface area contributed by atoms with E-state index in [9.17, 15) is 14.4 Å². The lowest BCUT2D eigenvalue weighted by Crippen LogP contribution is -2.23. The van der Waals surface area contributed by atoms with Crippen LogP contribution < -0.4 is 15.6 Å². The minimum Gasteiger partial charge on any atom is -0.486 e. The molecule has 36 heavy (non-hydrogen) atoms. The van der Waals surface area contributed by atoms with Crippen molar-refractivity contribution in [2.45, 2.75) is 50.8 Å². The van der Waals surface area contributed by atoms with Crippen LogP contribution in [0.25, 0.3) is 5.57 Å². The first-order valence-corrected chi connectivity index (χ1v) is 12.0. The quantitative estimate of drug-likeness (QED) is 0.403. The van der Waals surface area contributed by atoms with Gasteiger partial charge in [0.25, 0.3) is 5.56 Å². The fraction of sp³-hybridized carbons (Fsp3) is 0.320. The van der Waals surface area contributed by atoms with Crippen LogP contribution in [0.3, 0.4) is 0 Å². The molecule has 10 nitrogen and oxygen atoms in total. The minimum absolute atomic E-state index is 0.00441. The number of hydrogen-bond donors (Lipinski definition) is 3. The molecule has 5 rings (SSSR count). The first-order valence-electron chi connectivity index (χ1n) is 11.6. The Balaban J connectivity index is 1.39. The molecule has 186 valence electrons. The average Bonchev–Trinajstić information content (AvgIpc) is 3.45. The molecule has 2 aliphatic rings. The highest BCUT2D eigenvalue weighted by Gasteiger charge is 2.27. The van der Waals surface area contributed by atoms with Gasteiger partial charge in [-0.15, -0.1) is 5.10 Å². The highest BCUT2D eigenvalue weighted by atomic mass is 35.5. The lowest BCUT2D eigenvalue weighted by molar-refractivity contribution is -0.137. The van der Waals surface area contributed by atoms with Gasteiger partial charge in [0.15, 0.2) is 0 Å². The van der Waals surface area contributed by atoms with Crippen molar-refractivity contribution >= 4 is 29.1 Å². The molecular weight excluding hydrogens is 486 g/mol. The smallest absolute Gasteiger partial charge is 0.325 e. The maximum absolute atomic E-state index is 12.7. The summed E-state index contributed by atoms with van der Waals surface area (Å²) in [6.45, 7) is -0.228. The van der Waals surface area contributed by atoms with Gasteiger partial charge in [0.05, 0.1) is 11.2 Å². The zero-order valence-corrected chi connectivity index (χ0v) is 20.0. The number of carboxylic acids is 1. The van der Waals surface area contributed by atoms with Crippen molar-refractivity contribution in [2.24, 2.45) is 0 Å². The van der Waals surface area contributed by atoms with Crippen LogP contribution in [-0.4, -0.2) is 43.0 Å². The Hall–Kier alpha value is -3.92. The molecule has 1 saturated heterocycles. The molecular formula is C25H24ClN5O5. The van der Waals surface area contributed by atoms with Crippen LogP contribution in [0.2, 0.25) is 5.02 Å². The number of aromatic amines is 1. The van der Waals surface area contributed by atoms with Gasteiger partial charge in [0.1, 0.15) is 24.6 Å². The fourth-order valence-electron chi connectivity index (χ4n) is 4.22. The highest BCUT2D eigenvalue weighted by molar-refractivity contribution is 6.32. The van der Waals surface area contributed by atoms with Gasteiger partial charge in [-0.25, -0.2) is 4.68 Å². The number of halogens is 1. The normalized spacial score (nSPS) is 17.8. The van der Waals surface area contributed by atoms with Gasteiger partial charge in [-0.05, 0) is 48.9 Å². The molecule has 3 heterocycles. The monoisotopic (exact) mass is 509 g/mol. The predicted molar refractivity (Wildman–Crippen MR) is 131 cm³/mol. The lowest BCUT2D eigenvalue weighted by Gasteiger charge is -2.14. The molecule has 0 radical (unpaired) electrons. The van der Waals surface area contributed by atoms with Crippen molar-refractivity contribution in [3.05, 3.63) is 80.5 Å². The number of aliphatic carboxylic acids is 1. The largest absolute Gasteiger partial charge is 0.486 e. The van der Waals surface area contributed by atoms with Crippen molar-refractivity contribution in [3.8, 4) is 5.75 Å². The molecule has 0 unspecified atom stereocenters. The summed E-state index contributed by atoms with van der Waals surface area (Å²) in [4.78, 5) is 38.3. The molecule has 1 aliphatic carbocycles. The second-order valence-corrected chi connectivity index (χ2v) is 9.37. The topological polar surface area (TPSA) is 139 Å². The molecule has 0 spiro atoms. The van der Waals surface area contributed by atoms with E-state index in [1.165, 1.54) is 10.9 Å². The number of ether oxygens (including phenoxy) is 1. The molecule has 0 bridgehead atoms. The third kappa shape index (κ3) is 5.49. The number of carbonyl (C=O) groups is 2. The van der Waals surface area contributed by atoms with Gasteiger partial charge in [0.2, 0.25) is 5.91 Å². The van der Waals surface area contributed by atoms with Gasteiger partial charge >= 0.3 is 5.97 Å². The van der Waals surface area contributed by atoms with E-state index < -0.39 is 5.97 Å². The van der Waals surface area contributed by atoms with Crippen molar-refractivity contribution < 1.29 is 19.4 Å². The molecule has 1 aliphatic heterocycles. The zero-order valence-electron chi connectivity index (χ0n) is 19.2.